The second-order valence-corrected chi connectivity index (χ2v) is 5.11. The van der Waals surface area contributed by atoms with Crippen molar-refractivity contribution in [3.8, 4) is 0 Å². The van der Waals surface area contributed by atoms with Crippen LogP contribution in [0, 0.1) is 5.92 Å². The quantitative estimate of drug-likeness (QED) is 0.782. The Kier molecular flexibility index (Phi) is 2.40. The monoisotopic (exact) mass is 201 g/mol. The molecule has 0 bridgehead atoms. The third-order valence-corrected chi connectivity index (χ3v) is 3.91. The predicted octanol–water partition coefficient (Wildman–Crippen LogP) is 3.20. The summed E-state index contributed by atoms with van der Waals surface area (Å²) in [5, 5.41) is 0. The molecular weight excluding hydrogens is 190 g/mol. The standard InChI is InChI=1S/C9H12ClNS/c10-8-5-4-7(12-8)9(11)6-2-1-3-6/h4-6,9H,1-3,11H2/t9-/m0/s1. The SMILES string of the molecule is N[C@H](c1ccc(Cl)s1)C1CCC1. The maximum atomic E-state index is 6.07. The minimum atomic E-state index is 0.233. The Labute approximate surface area is 81.5 Å². The van der Waals surface area contributed by atoms with Crippen LogP contribution in [0.4, 0.5) is 0 Å². The molecule has 0 aromatic carbocycles. The average molecular weight is 202 g/mol. The van der Waals surface area contributed by atoms with E-state index in [0.717, 1.165) is 4.34 Å². The van der Waals surface area contributed by atoms with Crippen molar-refractivity contribution in [2.45, 2.75) is 25.3 Å². The van der Waals surface area contributed by atoms with Crippen molar-refractivity contribution >= 4 is 22.9 Å². The van der Waals surface area contributed by atoms with Gasteiger partial charge >= 0.3 is 0 Å². The van der Waals surface area contributed by atoms with Gasteiger partial charge in [-0.2, -0.15) is 0 Å². The molecule has 1 aliphatic carbocycles. The van der Waals surface area contributed by atoms with Gasteiger partial charge in [-0.25, -0.2) is 0 Å². The molecule has 0 aliphatic heterocycles. The van der Waals surface area contributed by atoms with Crippen LogP contribution in [-0.4, -0.2) is 0 Å². The molecule has 1 fully saturated rings. The Morgan fingerprint density at radius 2 is 2.25 bits per heavy atom. The summed E-state index contributed by atoms with van der Waals surface area (Å²) in [5.74, 6) is 0.708. The molecule has 1 aliphatic rings. The third-order valence-electron chi connectivity index (χ3n) is 2.58. The molecule has 0 radical (unpaired) electrons. The van der Waals surface area contributed by atoms with Crippen molar-refractivity contribution < 1.29 is 0 Å². The number of hydrogen-bond donors (Lipinski definition) is 1. The Bertz CT molecular complexity index is 267. The molecule has 0 spiro atoms. The molecule has 2 N–H and O–H groups in total. The van der Waals surface area contributed by atoms with Crippen molar-refractivity contribution in [1.82, 2.24) is 0 Å². The highest BCUT2D eigenvalue weighted by Crippen LogP contribution is 2.39. The molecule has 1 aromatic rings. The minimum Gasteiger partial charge on any atom is -0.323 e. The smallest absolute Gasteiger partial charge is 0.0931 e. The largest absolute Gasteiger partial charge is 0.323 e. The van der Waals surface area contributed by atoms with Crippen molar-refractivity contribution in [3.63, 3.8) is 0 Å². The molecule has 1 nitrogen and oxygen atoms in total. The van der Waals surface area contributed by atoms with Crippen LogP contribution < -0.4 is 5.73 Å². The Morgan fingerprint density at radius 3 is 2.67 bits per heavy atom. The highest BCUT2D eigenvalue weighted by atomic mass is 35.5. The molecule has 0 saturated heterocycles. The van der Waals surface area contributed by atoms with Crippen LogP contribution in [0.1, 0.15) is 30.2 Å². The van der Waals surface area contributed by atoms with Gasteiger partial charge in [0.25, 0.3) is 0 Å². The van der Waals surface area contributed by atoms with E-state index in [-0.39, 0.29) is 6.04 Å². The zero-order chi connectivity index (χ0) is 8.55. The van der Waals surface area contributed by atoms with Crippen molar-refractivity contribution in [1.29, 1.82) is 0 Å². The Hall–Kier alpha value is -0.0500. The number of halogens is 1. The molecule has 3 heteroatoms. The molecule has 66 valence electrons. The second-order valence-electron chi connectivity index (χ2n) is 3.36. The molecule has 1 aromatic heterocycles. The van der Waals surface area contributed by atoms with Gasteiger partial charge in [-0.1, -0.05) is 18.0 Å². The van der Waals surface area contributed by atoms with E-state index in [1.165, 1.54) is 24.1 Å². The first-order valence-corrected chi connectivity index (χ1v) is 5.47. The second kappa shape index (κ2) is 3.36. The summed E-state index contributed by atoms with van der Waals surface area (Å²) in [4.78, 5) is 1.24. The number of nitrogens with two attached hydrogens (primary N) is 1. The average Bonchev–Trinajstić information content (AvgIpc) is 2.31. The lowest BCUT2D eigenvalue weighted by atomic mass is 9.79. The fourth-order valence-corrected chi connectivity index (χ4v) is 2.69. The Morgan fingerprint density at radius 1 is 1.50 bits per heavy atom. The van der Waals surface area contributed by atoms with Crippen molar-refractivity contribution in [2.24, 2.45) is 11.7 Å². The third kappa shape index (κ3) is 1.51. The summed E-state index contributed by atoms with van der Waals surface area (Å²) in [6.45, 7) is 0. The van der Waals surface area contributed by atoms with E-state index in [0.29, 0.717) is 5.92 Å². The fourth-order valence-electron chi connectivity index (χ4n) is 1.54. The Balaban J connectivity index is 2.08. The van der Waals surface area contributed by atoms with Gasteiger partial charge in [0.05, 0.1) is 4.34 Å². The lowest BCUT2D eigenvalue weighted by Crippen LogP contribution is -2.25. The van der Waals surface area contributed by atoms with Gasteiger partial charge in [-0.05, 0) is 30.9 Å². The van der Waals surface area contributed by atoms with E-state index >= 15 is 0 Å². The summed E-state index contributed by atoms with van der Waals surface area (Å²) in [7, 11) is 0. The normalized spacial score (nSPS) is 20.5. The molecule has 2 rings (SSSR count). The summed E-state index contributed by atoms with van der Waals surface area (Å²) >= 11 is 7.45. The lowest BCUT2D eigenvalue weighted by Gasteiger charge is -2.30. The fraction of sp³-hybridized carbons (Fsp3) is 0.556. The van der Waals surface area contributed by atoms with Gasteiger partial charge < -0.3 is 5.73 Å². The molecule has 1 saturated carbocycles. The maximum absolute atomic E-state index is 6.07. The van der Waals surface area contributed by atoms with Crippen LogP contribution in [0.2, 0.25) is 4.34 Å². The number of hydrogen-bond acceptors (Lipinski definition) is 2. The van der Waals surface area contributed by atoms with Gasteiger partial charge in [0, 0.05) is 10.9 Å². The lowest BCUT2D eigenvalue weighted by molar-refractivity contribution is 0.267. The van der Waals surface area contributed by atoms with Crippen LogP contribution in [-0.2, 0) is 0 Å². The van der Waals surface area contributed by atoms with E-state index < -0.39 is 0 Å². The van der Waals surface area contributed by atoms with Gasteiger partial charge in [0.2, 0.25) is 0 Å². The summed E-state index contributed by atoms with van der Waals surface area (Å²) in [6.07, 6.45) is 3.92. The molecule has 0 amide bonds. The number of thiophene rings is 1. The van der Waals surface area contributed by atoms with E-state index in [1.54, 1.807) is 11.3 Å². The molecule has 0 unspecified atom stereocenters. The highest BCUT2D eigenvalue weighted by Gasteiger charge is 2.26. The summed E-state index contributed by atoms with van der Waals surface area (Å²) in [6, 6.07) is 4.21. The van der Waals surface area contributed by atoms with Crippen LogP contribution >= 0.6 is 22.9 Å². The topological polar surface area (TPSA) is 26.0 Å². The number of rotatable bonds is 2. The molecular formula is C9H12ClNS. The van der Waals surface area contributed by atoms with Gasteiger partial charge in [0.15, 0.2) is 0 Å². The minimum absolute atomic E-state index is 0.233. The van der Waals surface area contributed by atoms with Gasteiger partial charge in [-0.3, -0.25) is 0 Å². The molecule has 12 heavy (non-hydrogen) atoms. The summed E-state index contributed by atoms with van der Waals surface area (Å²) < 4.78 is 0.847. The van der Waals surface area contributed by atoms with Crippen LogP contribution in [0.3, 0.4) is 0 Å². The van der Waals surface area contributed by atoms with Gasteiger partial charge in [-0.15, -0.1) is 11.3 Å². The molecule has 1 heterocycles. The van der Waals surface area contributed by atoms with Crippen molar-refractivity contribution in [3.05, 3.63) is 21.3 Å². The van der Waals surface area contributed by atoms with Crippen LogP contribution in [0.5, 0.6) is 0 Å². The van der Waals surface area contributed by atoms with Crippen LogP contribution in [0.25, 0.3) is 0 Å². The van der Waals surface area contributed by atoms with E-state index in [9.17, 15) is 0 Å². The highest BCUT2D eigenvalue weighted by molar-refractivity contribution is 7.16. The zero-order valence-corrected chi connectivity index (χ0v) is 8.37. The van der Waals surface area contributed by atoms with Gasteiger partial charge in [0.1, 0.15) is 0 Å². The predicted molar refractivity (Wildman–Crippen MR) is 53.6 cm³/mol. The van der Waals surface area contributed by atoms with E-state index in [2.05, 4.69) is 6.07 Å². The van der Waals surface area contributed by atoms with Crippen molar-refractivity contribution in [2.75, 3.05) is 0 Å². The zero-order valence-electron chi connectivity index (χ0n) is 6.79. The maximum Gasteiger partial charge on any atom is 0.0931 e. The first kappa shape index (κ1) is 8.54. The first-order chi connectivity index (χ1) is 5.77. The summed E-state index contributed by atoms with van der Waals surface area (Å²) in [5.41, 5.74) is 6.07. The molecule has 1 atom stereocenters. The van der Waals surface area contributed by atoms with E-state index in [4.69, 9.17) is 17.3 Å². The first-order valence-electron chi connectivity index (χ1n) is 4.28. The van der Waals surface area contributed by atoms with E-state index in [1.807, 2.05) is 6.07 Å². The van der Waals surface area contributed by atoms with Crippen LogP contribution in [0.15, 0.2) is 12.1 Å².